The topological polar surface area (TPSA) is 89.6 Å². The average Bonchev–Trinajstić information content (AvgIpc) is 2.47. The van der Waals surface area contributed by atoms with E-state index in [-0.39, 0.29) is 17.0 Å². The Morgan fingerprint density at radius 2 is 1.95 bits per heavy atom. The van der Waals surface area contributed by atoms with Gasteiger partial charge in [0.1, 0.15) is 16.7 Å². The van der Waals surface area contributed by atoms with Crippen LogP contribution >= 0.6 is 15.9 Å². The number of rotatable bonds is 2. The number of halogens is 1. The minimum Gasteiger partial charge on any atom is -0.322 e. The summed E-state index contributed by atoms with van der Waals surface area (Å²) in [7, 11) is 0. The van der Waals surface area contributed by atoms with Crippen molar-refractivity contribution in [3.05, 3.63) is 57.8 Å². The zero-order valence-electron chi connectivity index (χ0n) is 10.1. The predicted molar refractivity (Wildman–Crippen MR) is 75.8 cm³/mol. The minimum atomic E-state index is -0.349. The molecule has 0 saturated carbocycles. The molecule has 0 aliphatic rings. The van der Waals surface area contributed by atoms with Crippen molar-refractivity contribution in [3.8, 4) is 12.1 Å². The number of carbonyl (C=O) groups excluding carboxylic acids is 1. The molecule has 0 aliphatic carbocycles. The third kappa shape index (κ3) is 2.82. The Balaban J connectivity index is 2.28. The number of anilines is 1. The third-order valence-corrected chi connectivity index (χ3v) is 3.15. The molecule has 0 saturated heterocycles. The second-order valence-electron chi connectivity index (χ2n) is 3.78. The molecule has 1 aromatic heterocycles. The van der Waals surface area contributed by atoms with E-state index in [1.165, 1.54) is 12.1 Å². The first kappa shape index (κ1) is 13.7. The molecule has 20 heavy (non-hydrogen) atoms. The summed E-state index contributed by atoms with van der Waals surface area (Å²) >= 11 is 3.19. The molecule has 1 amide bonds. The maximum atomic E-state index is 12.1. The van der Waals surface area contributed by atoms with Gasteiger partial charge in [-0.1, -0.05) is 0 Å². The van der Waals surface area contributed by atoms with E-state index in [1.54, 1.807) is 24.4 Å². The van der Waals surface area contributed by atoms with Crippen LogP contribution in [-0.4, -0.2) is 10.9 Å². The largest absolute Gasteiger partial charge is 0.322 e. The van der Waals surface area contributed by atoms with Crippen LogP contribution in [0.5, 0.6) is 0 Å². The van der Waals surface area contributed by atoms with Crippen LogP contribution in [0.2, 0.25) is 0 Å². The van der Waals surface area contributed by atoms with Gasteiger partial charge in [-0.2, -0.15) is 10.5 Å². The monoisotopic (exact) mass is 326 g/mol. The summed E-state index contributed by atoms with van der Waals surface area (Å²) in [6.45, 7) is 0. The molecule has 2 rings (SSSR count). The average molecular weight is 327 g/mol. The molecule has 0 atom stereocenters. The number of carbonyl (C=O) groups is 1. The van der Waals surface area contributed by atoms with E-state index in [0.717, 1.165) is 0 Å². The van der Waals surface area contributed by atoms with Crippen LogP contribution in [0.4, 0.5) is 5.69 Å². The molecule has 0 fully saturated rings. The summed E-state index contributed by atoms with van der Waals surface area (Å²) in [6.07, 6.45) is 1.57. The summed E-state index contributed by atoms with van der Waals surface area (Å²) in [5.41, 5.74) is 1.32. The molecule has 0 spiro atoms. The van der Waals surface area contributed by atoms with Gasteiger partial charge in [0.2, 0.25) is 0 Å². The van der Waals surface area contributed by atoms with Gasteiger partial charge in [-0.25, -0.2) is 4.98 Å². The summed E-state index contributed by atoms with van der Waals surface area (Å²) in [6, 6.07) is 11.6. The van der Waals surface area contributed by atoms with Crippen molar-refractivity contribution in [2.75, 3.05) is 5.32 Å². The Morgan fingerprint density at radius 1 is 1.20 bits per heavy atom. The minimum absolute atomic E-state index is 0.218. The first-order valence-corrected chi connectivity index (χ1v) is 6.31. The fourth-order valence-electron chi connectivity index (χ4n) is 1.57. The van der Waals surface area contributed by atoms with Gasteiger partial charge in [0.15, 0.2) is 0 Å². The molecule has 1 N–H and O–H groups in total. The van der Waals surface area contributed by atoms with E-state index < -0.39 is 0 Å². The Morgan fingerprint density at radius 3 is 2.60 bits per heavy atom. The van der Waals surface area contributed by atoms with Gasteiger partial charge in [-0.15, -0.1) is 0 Å². The van der Waals surface area contributed by atoms with Crippen LogP contribution in [0.25, 0.3) is 0 Å². The van der Waals surface area contributed by atoms with Gasteiger partial charge < -0.3 is 5.32 Å². The Bertz CT molecular complexity index is 758. The smallest absolute Gasteiger partial charge is 0.258 e. The highest BCUT2D eigenvalue weighted by atomic mass is 79.9. The first-order chi connectivity index (χ1) is 9.65. The van der Waals surface area contributed by atoms with Crippen molar-refractivity contribution in [2.24, 2.45) is 0 Å². The number of benzene rings is 1. The maximum absolute atomic E-state index is 12.1. The molecule has 0 bridgehead atoms. The normalized spacial score (nSPS) is 9.35. The highest BCUT2D eigenvalue weighted by Crippen LogP contribution is 2.18. The van der Waals surface area contributed by atoms with E-state index in [0.29, 0.717) is 15.9 Å². The van der Waals surface area contributed by atoms with Gasteiger partial charge in [-0.05, 0) is 46.3 Å². The molecule has 0 unspecified atom stereocenters. The first-order valence-electron chi connectivity index (χ1n) is 5.52. The van der Waals surface area contributed by atoms with E-state index >= 15 is 0 Å². The number of nitrogens with one attached hydrogen (secondary N) is 1. The Labute approximate surface area is 123 Å². The molecular formula is C14H7BrN4O. The summed E-state index contributed by atoms with van der Waals surface area (Å²) in [5.74, 6) is -0.349. The second kappa shape index (κ2) is 5.96. The highest BCUT2D eigenvalue weighted by molar-refractivity contribution is 9.10. The quantitative estimate of drug-likeness (QED) is 0.859. The SMILES string of the molecule is N#Cc1ccc(NC(=O)c2cccnc2Br)cc1C#N. The van der Waals surface area contributed by atoms with Crippen molar-refractivity contribution in [1.29, 1.82) is 10.5 Å². The molecule has 5 nitrogen and oxygen atoms in total. The maximum Gasteiger partial charge on any atom is 0.258 e. The van der Waals surface area contributed by atoms with Crippen LogP contribution in [0, 0.1) is 22.7 Å². The summed E-state index contributed by atoms with van der Waals surface area (Å²) in [4.78, 5) is 16.0. The number of hydrogen-bond acceptors (Lipinski definition) is 4. The predicted octanol–water partition coefficient (Wildman–Crippen LogP) is 2.84. The number of aromatic nitrogens is 1. The van der Waals surface area contributed by atoms with Gasteiger partial charge in [0, 0.05) is 11.9 Å². The zero-order chi connectivity index (χ0) is 14.5. The third-order valence-electron chi connectivity index (χ3n) is 2.52. The van der Waals surface area contributed by atoms with E-state index in [2.05, 4.69) is 26.2 Å². The Kier molecular flexibility index (Phi) is 4.09. The van der Waals surface area contributed by atoms with Crippen molar-refractivity contribution in [2.45, 2.75) is 0 Å². The van der Waals surface area contributed by atoms with Crippen LogP contribution in [0.15, 0.2) is 41.1 Å². The van der Waals surface area contributed by atoms with Gasteiger partial charge >= 0.3 is 0 Å². The molecule has 1 aromatic carbocycles. The number of nitriles is 2. The second-order valence-corrected chi connectivity index (χ2v) is 4.53. The molecule has 1 heterocycles. The Hall–Kier alpha value is -2.70. The van der Waals surface area contributed by atoms with Crippen molar-refractivity contribution >= 4 is 27.5 Å². The molecule has 96 valence electrons. The molecule has 0 radical (unpaired) electrons. The molecule has 0 aliphatic heterocycles. The van der Waals surface area contributed by atoms with Crippen molar-refractivity contribution in [1.82, 2.24) is 4.98 Å². The number of nitrogens with zero attached hydrogens (tertiary/aromatic N) is 3. The van der Waals surface area contributed by atoms with Crippen molar-refractivity contribution < 1.29 is 4.79 Å². The van der Waals surface area contributed by atoms with Gasteiger partial charge in [-0.3, -0.25) is 4.79 Å². The van der Waals surface area contributed by atoms with Crippen molar-refractivity contribution in [3.63, 3.8) is 0 Å². The standard InChI is InChI=1S/C14H7BrN4O/c15-13-12(2-1-5-18-13)14(20)19-11-4-3-9(7-16)10(6-11)8-17/h1-6H,(H,19,20). The van der Waals surface area contributed by atoms with E-state index in [1.807, 2.05) is 12.1 Å². The molecular weight excluding hydrogens is 320 g/mol. The van der Waals surface area contributed by atoms with Crippen LogP contribution in [0.3, 0.4) is 0 Å². The van der Waals surface area contributed by atoms with Crippen LogP contribution < -0.4 is 5.32 Å². The van der Waals surface area contributed by atoms with Crippen LogP contribution in [0.1, 0.15) is 21.5 Å². The lowest BCUT2D eigenvalue weighted by molar-refractivity contribution is 0.102. The number of hydrogen-bond donors (Lipinski definition) is 1. The van der Waals surface area contributed by atoms with Gasteiger partial charge in [0.05, 0.1) is 16.7 Å². The summed E-state index contributed by atoms with van der Waals surface area (Å²) < 4.78 is 0.437. The van der Waals surface area contributed by atoms with E-state index in [9.17, 15) is 4.79 Å². The number of pyridine rings is 1. The fourth-order valence-corrected chi connectivity index (χ4v) is 2.00. The number of amides is 1. The lowest BCUT2D eigenvalue weighted by atomic mass is 10.1. The zero-order valence-corrected chi connectivity index (χ0v) is 11.7. The molecule has 2 aromatic rings. The highest BCUT2D eigenvalue weighted by Gasteiger charge is 2.11. The molecule has 6 heteroatoms. The lowest BCUT2D eigenvalue weighted by Gasteiger charge is -2.07. The lowest BCUT2D eigenvalue weighted by Crippen LogP contribution is -2.13. The van der Waals surface area contributed by atoms with Gasteiger partial charge in [0.25, 0.3) is 5.91 Å². The fraction of sp³-hybridized carbons (Fsp3) is 0. The van der Waals surface area contributed by atoms with E-state index in [4.69, 9.17) is 10.5 Å². The van der Waals surface area contributed by atoms with Crippen LogP contribution in [-0.2, 0) is 0 Å². The summed E-state index contributed by atoms with van der Waals surface area (Å²) in [5, 5.41) is 20.4.